The Kier molecular flexibility index (Phi) is 5.89. The van der Waals surface area contributed by atoms with Gasteiger partial charge in [0.1, 0.15) is 12.4 Å². The van der Waals surface area contributed by atoms with Crippen molar-refractivity contribution < 1.29 is 23.8 Å². The third-order valence-electron chi connectivity index (χ3n) is 7.43. The van der Waals surface area contributed by atoms with Crippen molar-refractivity contribution in [1.82, 2.24) is 10.2 Å². The number of hydrogen-bond acceptors (Lipinski definition) is 5. The molecule has 2 saturated heterocycles. The molecule has 7 heteroatoms. The highest BCUT2D eigenvalue weighted by atomic mass is 16.5. The molecule has 31 heavy (non-hydrogen) atoms. The van der Waals surface area contributed by atoms with Gasteiger partial charge in [0.15, 0.2) is 0 Å². The number of carbonyl (C=O) groups is 2. The van der Waals surface area contributed by atoms with Crippen LogP contribution < -0.4 is 10.1 Å². The lowest BCUT2D eigenvalue weighted by Crippen LogP contribution is -2.72. The summed E-state index contributed by atoms with van der Waals surface area (Å²) in [5.74, 6) is 1.31. The molecule has 168 valence electrons. The number of para-hydroxylation sites is 1. The lowest BCUT2D eigenvalue weighted by atomic mass is 9.80. The summed E-state index contributed by atoms with van der Waals surface area (Å²) in [4.78, 5) is 27.3. The molecule has 4 heterocycles. The molecular formula is C24H32N2O5. The molecule has 0 aromatic heterocycles. The van der Waals surface area contributed by atoms with Crippen LogP contribution in [0.5, 0.6) is 5.75 Å². The quantitative estimate of drug-likeness (QED) is 0.687. The second-order valence-electron chi connectivity index (χ2n) is 9.35. The average molecular weight is 429 g/mol. The highest BCUT2D eigenvalue weighted by Gasteiger charge is 2.49. The van der Waals surface area contributed by atoms with Crippen LogP contribution in [0.25, 0.3) is 0 Å². The number of rotatable bonds is 0. The normalized spacial score (nSPS) is 34.3. The van der Waals surface area contributed by atoms with Gasteiger partial charge >= 0.3 is 0 Å². The van der Waals surface area contributed by atoms with Crippen molar-refractivity contribution >= 4 is 11.8 Å². The molecule has 5 aliphatic rings. The van der Waals surface area contributed by atoms with Gasteiger partial charge in [-0.15, -0.1) is 0 Å². The molecule has 0 unspecified atom stereocenters. The second-order valence-corrected chi connectivity index (χ2v) is 9.35. The fourth-order valence-corrected chi connectivity index (χ4v) is 5.83. The first-order valence-corrected chi connectivity index (χ1v) is 11.7. The van der Waals surface area contributed by atoms with E-state index in [9.17, 15) is 9.59 Å². The Bertz CT molecular complexity index is 818. The molecule has 3 fully saturated rings. The van der Waals surface area contributed by atoms with Crippen molar-refractivity contribution in [2.24, 2.45) is 0 Å². The predicted octanol–water partition coefficient (Wildman–Crippen LogP) is 2.39. The van der Waals surface area contributed by atoms with Gasteiger partial charge in [0.2, 0.25) is 11.8 Å². The minimum absolute atomic E-state index is 0.0483. The first-order chi connectivity index (χ1) is 15.1. The zero-order chi connectivity index (χ0) is 21.3. The molecule has 1 saturated carbocycles. The first-order valence-electron chi connectivity index (χ1n) is 11.7. The largest absolute Gasteiger partial charge is 0.493 e. The maximum Gasteiger partial charge on any atom is 0.246 e. The molecule has 2 atom stereocenters. The maximum absolute atomic E-state index is 13.2. The summed E-state index contributed by atoms with van der Waals surface area (Å²) in [6.45, 7) is 1.97. The van der Waals surface area contributed by atoms with E-state index in [1.807, 2.05) is 17.0 Å². The van der Waals surface area contributed by atoms with Gasteiger partial charge in [-0.3, -0.25) is 9.59 Å². The summed E-state index contributed by atoms with van der Waals surface area (Å²) in [5.41, 5.74) is 0.688. The van der Waals surface area contributed by atoms with E-state index in [0.717, 1.165) is 44.3 Å². The Balaban J connectivity index is 1.41. The molecule has 0 radical (unpaired) electrons. The highest BCUT2D eigenvalue weighted by molar-refractivity contribution is 5.80. The zero-order valence-corrected chi connectivity index (χ0v) is 18.0. The third-order valence-corrected chi connectivity index (χ3v) is 7.43. The van der Waals surface area contributed by atoms with E-state index in [1.165, 1.54) is 5.56 Å². The first kappa shape index (κ1) is 20.8. The second kappa shape index (κ2) is 8.79. The van der Waals surface area contributed by atoms with Gasteiger partial charge in [-0.2, -0.15) is 0 Å². The summed E-state index contributed by atoms with van der Waals surface area (Å²) in [7, 11) is 0. The molecule has 1 aliphatic carbocycles. The summed E-state index contributed by atoms with van der Waals surface area (Å²) < 4.78 is 18.2. The molecule has 1 aromatic rings. The maximum atomic E-state index is 13.2. The standard InChI is InChI=1S/C24H32N2O5/c27-22-15-29-16-24(25-22)11-3-12-26-21(24)14-31-18-8-6-17(7-9-18)19-4-1-2-5-20(19)30-13-10-23(26)28/h1-2,4-5,17-18,21H,3,6-16H2,(H,25,27)/t17-,18+,21-,24+/m1/s1. The van der Waals surface area contributed by atoms with Crippen LogP contribution in [0.15, 0.2) is 24.3 Å². The number of morpholine rings is 1. The average Bonchev–Trinajstić information content (AvgIpc) is 2.78. The fraction of sp³-hybridized carbons (Fsp3) is 0.667. The molecule has 1 spiro atoms. The zero-order valence-electron chi connectivity index (χ0n) is 18.0. The Hall–Kier alpha value is -2.12. The summed E-state index contributed by atoms with van der Waals surface area (Å²) in [5, 5.41) is 3.17. The van der Waals surface area contributed by atoms with Crippen LogP contribution in [0.2, 0.25) is 0 Å². The minimum atomic E-state index is -0.565. The molecule has 1 N–H and O–H groups in total. The number of nitrogens with one attached hydrogen (secondary N) is 1. The van der Waals surface area contributed by atoms with Crippen LogP contribution in [-0.4, -0.2) is 67.4 Å². The summed E-state index contributed by atoms with van der Waals surface area (Å²) >= 11 is 0. The van der Waals surface area contributed by atoms with Crippen molar-refractivity contribution in [3.63, 3.8) is 0 Å². The molecule has 4 aliphatic heterocycles. The summed E-state index contributed by atoms with van der Waals surface area (Å²) in [6, 6.07) is 8.02. The van der Waals surface area contributed by atoms with E-state index in [4.69, 9.17) is 14.2 Å². The number of piperidine rings is 1. The number of ether oxygens (including phenoxy) is 3. The van der Waals surface area contributed by atoms with Crippen molar-refractivity contribution in [3.8, 4) is 5.75 Å². The smallest absolute Gasteiger partial charge is 0.246 e. The monoisotopic (exact) mass is 428 g/mol. The van der Waals surface area contributed by atoms with Crippen molar-refractivity contribution in [2.75, 3.05) is 33.0 Å². The third kappa shape index (κ3) is 4.17. The van der Waals surface area contributed by atoms with E-state index >= 15 is 0 Å². The van der Waals surface area contributed by atoms with E-state index in [2.05, 4.69) is 17.4 Å². The number of fused-ring (bicyclic) bond motifs is 6. The number of amides is 2. The van der Waals surface area contributed by atoms with Crippen LogP contribution in [0.3, 0.4) is 0 Å². The molecule has 1 aromatic carbocycles. The van der Waals surface area contributed by atoms with Crippen molar-refractivity contribution in [1.29, 1.82) is 0 Å². The van der Waals surface area contributed by atoms with Gasteiger partial charge in [-0.05, 0) is 56.1 Å². The minimum Gasteiger partial charge on any atom is -0.493 e. The molecule has 2 amide bonds. The van der Waals surface area contributed by atoms with Gasteiger partial charge < -0.3 is 24.4 Å². The number of carbonyl (C=O) groups excluding carboxylic acids is 2. The van der Waals surface area contributed by atoms with Crippen LogP contribution >= 0.6 is 0 Å². The van der Waals surface area contributed by atoms with Gasteiger partial charge in [0.25, 0.3) is 0 Å². The van der Waals surface area contributed by atoms with E-state index in [1.54, 1.807) is 0 Å². The molecular weight excluding hydrogens is 396 g/mol. The molecule has 6 rings (SSSR count). The Morgan fingerprint density at radius 1 is 1.10 bits per heavy atom. The predicted molar refractivity (Wildman–Crippen MR) is 114 cm³/mol. The highest BCUT2D eigenvalue weighted by Crippen LogP contribution is 2.39. The topological polar surface area (TPSA) is 77.1 Å². The number of nitrogens with zero attached hydrogens (tertiary/aromatic N) is 1. The Morgan fingerprint density at radius 3 is 2.77 bits per heavy atom. The fourth-order valence-electron chi connectivity index (χ4n) is 5.83. The molecule has 7 nitrogen and oxygen atoms in total. The van der Waals surface area contributed by atoms with Crippen molar-refractivity contribution in [2.45, 2.75) is 68.5 Å². The van der Waals surface area contributed by atoms with Crippen LogP contribution in [0, 0.1) is 0 Å². The number of hydrogen-bond donors (Lipinski definition) is 1. The van der Waals surface area contributed by atoms with E-state index < -0.39 is 5.54 Å². The Labute approximate surface area is 183 Å². The Morgan fingerprint density at radius 2 is 1.94 bits per heavy atom. The van der Waals surface area contributed by atoms with Crippen LogP contribution in [-0.2, 0) is 19.1 Å². The molecule has 2 bridgehead atoms. The summed E-state index contributed by atoms with van der Waals surface area (Å²) in [6.07, 6.45) is 6.26. The van der Waals surface area contributed by atoms with Gasteiger partial charge in [0.05, 0.1) is 43.9 Å². The lowest BCUT2D eigenvalue weighted by Gasteiger charge is -2.51. The van der Waals surface area contributed by atoms with Crippen LogP contribution in [0.1, 0.15) is 56.4 Å². The van der Waals surface area contributed by atoms with Crippen molar-refractivity contribution in [3.05, 3.63) is 29.8 Å². The lowest BCUT2D eigenvalue weighted by molar-refractivity contribution is -0.155. The van der Waals surface area contributed by atoms with E-state index in [0.29, 0.717) is 38.7 Å². The van der Waals surface area contributed by atoms with E-state index in [-0.39, 0.29) is 30.6 Å². The van der Waals surface area contributed by atoms with Gasteiger partial charge in [0, 0.05) is 6.54 Å². The number of benzene rings is 1. The van der Waals surface area contributed by atoms with Gasteiger partial charge in [-0.1, -0.05) is 18.2 Å². The van der Waals surface area contributed by atoms with Gasteiger partial charge in [-0.25, -0.2) is 0 Å². The SMILES string of the molecule is O=C1COC[C@]2(CCCN3C(=O)CCOc4ccccc4[C@H]4CC[C@H](CC4)OC[C@@H]32)N1. The van der Waals surface area contributed by atoms with Crippen LogP contribution in [0.4, 0.5) is 0 Å².